The molecule has 2 heterocycles. The van der Waals surface area contributed by atoms with Gasteiger partial charge < -0.3 is 14.8 Å². The Morgan fingerprint density at radius 3 is 2.78 bits per heavy atom. The van der Waals surface area contributed by atoms with Crippen LogP contribution in [-0.4, -0.2) is 79.9 Å². The van der Waals surface area contributed by atoms with E-state index in [1.54, 1.807) is 0 Å². The first-order valence-corrected chi connectivity index (χ1v) is 8.76. The first kappa shape index (κ1) is 16.5. The molecule has 0 aromatic rings. The van der Waals surface area contributed by atoms with Crippen molar-refractivity contribution >= 4 is 12.0 Å². The van der Waals surface area contributed by atoms with Crippen LogP contribution in [0, 0.1) is 0 Å². The number of amides is 2. The molecule has 2 amide bonds. The molecule has 2 aliphatic heterocycles. The van der Waals surface area contributed by atoms with Crippen molar-refractivity contribution in [3.8, 4) is 0 Å². The van der Waals surface area contributed by atoms with Gasteiger partial charge in [-0.15, -0.1) is 0 Å². The van der Waals surface area contributed by atoms with Gasteiger partial charge in [0.2, 0.25) is 5.91 Å². The number of carbonyl (C=O) groups is 2. The van der Waals surface area contributed by atoms with E-state index in [0.29, 0.717) is 19.7 Å². The Balaban J connectivity index is 1.33. The number of carbonyl (C=O) groups excluding carboxylic acids is 2. The van der Waals surface area contributed by atoms with Crippen LogP contribution in [0.5, 0.6) is 0 Å². The van der Waals surface area contributed by atoms with Crippen molar-refractivity contribution in [2.24, 2.45) is 0 Å². The van der Waals surface area contributed by atoms with Gasteiger partial charge in [0.25, 0.3) is 0 Å². The highest BCUT2D eigenvalue weighted by Crippen LogP contribution is 2.25. The molecule has 0 aromatic carbocycles. The Morgan fingerprint density at radius 1 is 1.22 bits per heavy atom. The number of morpholine rings is 1. The molecule has 1 atom stereocenters. The molecular weight excluding hydrogens is 298 g/mol. The Labute approximate surface area is 137 Å². The van der Waals surface area contributed by atoms with Crippen LogP contribution in [0.25, 0.3) is 0 Å². The topological polar surface area (TPSA) is 71.1 Å². The van der Waals surface area contributed by atoms with Gasteiger partial charge in [-0.2, -0.15) is 0 Å². The summed E-state index contributed by atoms with van der Waals surface area (Å²) in [6.45, 7) is 4.33. The van der Waals surface area contributed by atoms with E-state index in [4.69, 9.17) is 9.47 Å². The summed E-state index contributed by atoms with van der Waals surface area (Å²) in [5.41, 5.74) is 0. The average molecular weight is 325 g/mol. The fourth-order valence-electron chi connectivity index (χ4n) is 3.69. The summed E-state index contributed by atoms with van der Waals surface area (Å²) in [7, 11) is 0. The van der Waals surface area contributed by atoms with Crippen molar-refractivity contribution in [3.05, 3.63) is 0 Å². The van der Waals surface area contributed by atoms with E-state index in [9.17, 15) is 9.59 Å². The molecule has 0 radical (unpaired) electrons. The normalized spacial score (nSPS) is 26.5. The maximum Gasteiger partial charge on any atom is 0.410 e. The lowest BCUT2D eigenvalue weighted by Gasteiger charge is -2.36. The SMILES string of the molecule is O=C(CN1CCOC1=O)NCCC1CN(C2CCCC2)CCO1. The van der Waals surface area contributed by atoms with Crippen molar-refractivity contribution in [1.82, 2.24) is 15.1 Å². The fourth-order valence-corrected chi connectivity index (χ4v) is 3.69. The van der Waals surface area contributed by atoms with E-state index < -0.39 is 6.09 Å². The summed E-state index contributed by atoms with van der Waals surface area (Å²) < 4.78 is 10.6. The van der Waals surface area contributed by atoms with Crippen LogP contribution >= 0.6 is 0 Å². The number of ether oxygens (including phenoxy) is 2. The second kappa shape index (κ2) is 7.97. The second-order valence-electron chi connectivity index (χ2n) is 6.60. The van der Waals surface area contributed by atoms with E-state index in [2.05, 4.69) is 10.2 Å². The number of cyclic esters (lactones) is 1. The van der Waals surface area contributed by atoms with Gasteiger partial charge in [0, 0.05) is 25.7 Å². The Bertz CT molecular complexity index is 426. The second-order valence-corrected chi connectivity index (χ2v) is 6.60. The van der Waals surface area contributed by atoms with Crippen molar-refractivity contribution in [3.63, 3.8) is 0 Å². The third-order valence-electron chi connectivity index (χ3n) is 4.98. The lowest BCUT2D eigenvalue weighted by Crippen LogP contribution is -2.48. The van der Waals surface area contributed by atoms with Crippen LogP contribution in [0.15, 0.2) is 0 Å². The number of hydrogen-bond donors (Lipinski definition) is 1. The third-order valence-corrected chi connectivity index (χ3v) is 4.98. The Kier molecular flexibility index (Phi) is 5.72. The molecule has 7 heteroatoms. The largest absolute Gasteiger partial charge is 0.448 e. The van der Waals surface area contributed by atoms with Gasteiger partial charge >= 0.3 is 6.09 Å². The Morgan fingerprint density at radius 2 is 2.04 bits per heavy atom. The lowest BCUT2D eigenvalue weighted by molar-refractivity contribution is -0.121. The smallest absolute Gasteiger partial charge is 0.410 e. The first-order chi connectivity index (χ1) is 11.2. The molecule has 1 unspecified atom stereocenters. The van der Waals surface area contributed by atoms with Gasteiger partial charge in [-0.25, -0.2) is 4.79 Å². The van der Waals surface area contributed by atoms with Crippen molar-refractivity contribution in [2.75, 3.05) is 45.9 Å². The van der Waals surface area contributed by atoms with Crippen LogP contribution in [-0.2, 0) is 14.3 Å². The summed E-state index contributed by atoms with van der Waals surface area (Å²) in [4.78, 5) is 27.1. The Hall–Kier alpha value is -1.34. The minimum absolute atomic E-state index is 0.0819. The predicted molar refractivity (Wildman–Crippen MR) is 84.1 cm³/mol. The van der Waals surface area contributed by atoms with Crippen molar-refractivity contribution in [2.45, 2.75) is 44.2 Å². The van der Waals surface area contributed by atoms with Crippen LogP contribution in [0.3, 0.4) is 0 Å². The van der Waals surface area contributed by atoms with E-state index in [0.717, 1.165) is 32.2 Å². The molecule has 0 spiro atoms. The van der Waals surface area contributed by atoms with E-state index in [-0.39, 0.29) is 18.6 Å². The van der Waals surface area contributed by atoms with Crippen molar-refractivity contribution < 1.29 is 19.1 Å². The summed E-state index contributed by atoms with van der Waals surface area (Å²) in [5.74, 6) is -0.132. The van der Waals surface area contributed by atoms with Crippen molar-refractivity contribution in [1.29, 1.82) is 0 Å². The molecule has 3 aliphatic rings. The fraction of sp³-hybridized carbons (Fsp3) is 0.875. The van der Waals surface area contributed by atoms with Gasteiger partial charge in [0.05, 0.1) is 19.3 Å². The van der Waals surface area contributed by atoms with E-state index >= 15 is 0 Å². The highest BCUT2D eigenvalue weighted by molar-refractivity contribution is 5.82. The zero-order valence-electron chi connectivity index (χ0n) is 13.7. The molecule has 2 saturated heterocycles. The van der Waals surface area contributed by atoms with Crippen LogP contribution in [0.1, 0.15) is 32.1 Å². The minimum atomic E-state index is -0.400. The van der Waals surface area contributed by atoms with E-state index in [1.165, 1.54) is 30.6 Å². The molecule has 130 valence electrons. The standard InChI is InChI=1S/C16H27N3O4/c20-15(12-19-8-10-23-16(19)21)17-6-5-14-11-18(7-9-22-14)13-3-1-2-4-13/h13-14H,1-12H2,(H,17,20). The van der Waals surface area contributed by atoms with E-state index in [1.807, 2.05) is 0 Å². The summed E-state index contributed by atoms with van der Waals surface area (Å²) in [5, 5.41) is 2.87. The molecule has 3 rings (SSSR count). The number of nitrogens with one attached hydrogen (secondary N) is 1. The molecule has 23 heavy (non-hydrogen) atoms. The highest BCUT2D eigenvalue weighted by Gasteiger charge is 2.28. The number of nitrogens with zero attached hydrogens (tertiary/aromatic N) is 2. The molecule has 7 nitrogen and oxygen atoms in total. The van der Waals surface area contributed by atoms with Gasteiger partial charge in [0.1, 0.15) is 13.2 Å². The van der Waals surface area contributed by atoms with Crippen LogP contribution < -0.4 is 5.32 Å². The first-order valence-electron chi connectivity index (χ1n) is 8.76. The summed E-state index contributed by atoms with van der Waals surface area (Å²) >= 11 is 0. The quantitative estimate of drug-likeness (QED) is 0.774. The number of hydrogen-bond acceptors (Lipinski definition) is 5. The zero-order valence-corrected chi connectivity index (χ0v) is 13.7. The van der Waals surface area contributed by atoms with Gasteiger partial charge in [0.15, 0.2) is 0 Å². The molecule has 0 bridgehead atoms. The number of rotatable bonds is 6. The third kappa shape index (κ3) is 4.57. The molecule has 3 fully saturated rings. The van der Waals surface area contributed by atoms with Crippen LogP contribution in [0.2, 0.25) is 0 Å². The molecule has 0 aromatic heterocycles. The minimum Gasteiger partial charge on any atom is -0.448 e. The monoisotopic (exact) mass is 325 g/mol. The van der Waals surface area contributed by atoms with Gasteiger partial charge in [-0.3, -0.25) is 14.6 Å². The predicted octanol–water partition coefficient (Wildman–Crippen LogP) is 0.588. The molecule has 1 N–H and O–H groups in total. The highest BCUT2D eigenvalue weighted by atomic mass is 16.6. The summed E-state index contributed by atoms with van der Waals surface area (Å²) in [6, 6.07) is 0.733. The molecule has 1 saturated carbocycles. The zero-order chi connectivity index (χ0) is 16.1. The summed E-state index contributed by atoms with van der Waals surface area (Å²) in [6.07, 6.45) is 5.94. The lowest BCUT2D eigenvalue weighted by atomic mass is 10.1. The molecular formula is C16H27N3O4. The maximum atomic E-state index is 11.8. The maximum absolute atomic E-state index is 11.8. The average Bonchev–Trinajstić information content (AvgIpc) is 3.20. The van der Waals surface area contributed by atoms with Gasteiger partial charge in [-0.1, -0.05) is 12.8 Å². The van der Waals surface area contributed by atoms with Gasteiger partial charge in [-0.05, 0) is 19.3 Å². The molecule has 1 aliphatic carbocycles. The van der Waals surface area contributed by atoms with Crippen LogP contribution in [0.4, 0.5) is 4.79 Å².